The highest BCUT2D eigenvalue weighted by Gasteiger charge is 2.51. The molecule has 0 spiro atoms. The molecule has 2 saturated heterocycles. The number of hydrogen-bond donors (Lipinski definition) is 2. The molecule has 0 saturated carbocycles. The lowest BCUT2D eigenvalue weighted by Gasteiger charge is -2.33. The second-order valence-corrected chi connectivity index (χ2v) is 6.67. The van der Waals surface area contributed by atoms with Gasteiger partial charge in [0.05, 0.1) is 24.8 Å². The Hall–Kier alpha value is -0.650. The molecule has 0 aromatic rings. The molecule has 0 radical (unpaired) electrons. The van der Waals surface area contributed by atoms with Crippen LogP contribution >= 0.6 is 0 Å². The van der Waals surface area contributed by atoms with Crippen molar-refractivity contribution in [3.05, 3.63) is 0 Å². The summed E-state index contributed by atoms with van der Waals surface area (Å²) in [5.74, 6) is 0.176. The lowest BCUT2D eigenvalue weighted by atomic mass is 9.86. The Kier molecular flexibility index (Phi) is 3.42. The van der Waals surface area contributed by atoms with E-state index in [1.807, 2.05) is 27.7 Å². The summed E-state index contributed by atoms with van der Waals surface area (Å²) in [4.78, 5) is 14.2. The van der Waals surface area contributed by atoms with Gasteiger partial charge in [-0.1, -0.05) is 27.7 Å². The smallest absolute Gasteiger partial charge is 0.240 e. The third-order valence-corrected chi connectivity index (χ3v) is 4.08. The van der Waals surface area contributed by atoms with Gasteiger partial charge in [0.2, 0.25) is 5.91 Å². The lowest BCUT2D eigenvalue weighted by molar-refractivity contribution is -0.137. The fourth-order valence-corrected chi connectivity index (χ4v) is 2.83. The molecule has 2 aliphatic heterocycles. The number of rotatable bonds is 1. The van der Waals surface area contributed by atoms with E-state index in [-0.39, 0.29) is 29.4 Å². The first kappa shape index (κ1) is 13.8. The molecule has 0 bridgehead atoms. The second-order valence-electron chi connectivity index (χ2n) is 6.67. The van der Waals surface area contributed by atoms with E-state index in [0.717, 1.165) is 0 Å². The maximum absolute atomic E-state index is 12.5. The lowest BCUT2D eigenvalue weighted by Crippen LogP contribution is -2.54. The van der Waals surface area contributed by atoms with Crippen LogP contribution in [0.5, 0.6) is 0 Å². The maximum Gasteiger partial charge on any atom is 0.240 e. The Morgan fingerprint density at radius 3 is 2.67 bits per heavy atom. The first-order chi connectivity index (χ1) is 8.23. The molecule has 0 aromatic heterocycles. The van der Waals surface area contributed by atoms with Crippen LogP contribution in [0.2, 0.25) is 0 Å². The van der Waals surface area contributed by atoms with Crippen molar-refractivity contribution in [1.82, 2.24) is 4.90 Å². The van der Waals surface area contributed by atoms with E-state index in [4.69, 9.17) is 10.5 Å². The Labute approximate surface area is 108 Å². The van der Waals surface area contributed by atoms with Crippen LogP contribution < -0.4 is 5.73 Å². The molecule has 5 atom stereocenters. The zero-order valence-electron chi connectivity index (χ0n) is 11.6. The molecule has 2 aliphatic rings. The number of aliphatic hydroxyl groups is 1. The van der Waals surface area contributed by atoms with Gasteiger partial charge in [0.1, 0.15) is 6.10 Å². The highest BCUT2D eigenvalue weighted by Crippen LogP contribution is 2.34. The van der Waals surface area contributed by atoms with Crippen molar-refractivity contribution in [2.45, 2.75) is 52.0 Å². The molecule has 104 valence electrons. The maximum atomic E-state index is 12.5. The fraction of sp³-hybridized carbons (Fsp3) is 0.923. The Bertz CT molecular complexity index is 340. The summed E-state index contributed by atoms with van der Waals surface area (Å²) in [6.07, 6.45) is -0.632. The first-order valence-electron chi connectivity index (χ1n) is 6.59. The van der Waals surface area contributed by atoms with Gasteiger partial charge in [0, 0.05) is 12.5 Å². The number of aliphatic hydroxyl groups excluding tert-OH is 1. The number of fused-ring (bicyclic) bond motifs is 1. The van der Waals surface area contributed by atoms with E-state index in [0.29, 0.717) is 13.2 Å². The van der Waals surface area contributed by atoms with Crippen LogP contribution in [-0.2, 0) is 9.53 Å². The summed E-state index contributed by atoms with van der Waals surface area (Å²) in [6.45, 7) is 8.84. The topological polar surface area (TPSA) is 75.8 Å². The number of likely N-dealkylation sites (tertiary alicyclic amines) is 1. The summed E-state index contributed by atoms with van der Waals surface area (Å²) >= 11 is 0. The van der Waals surface area contributed by atoms with Crippen molar-refractivity contribution >= 4 is 5.91 Å². The largest absolute Gasteiger partial charge is 0.388 e. The highest BCUT2D eigenvalue weighted by atomic mass is 16.5. The van der Waals surface area contributed by atoms with Gasteiger partial charge in [-0.05, 0) is 5.41 Å². The van der Waals surface area contributed by atoms with Crippen LogP contribution in [0.3, 0.4) is 0 Å². The van der Waals surface area contributed by atoms with E-state index in [9.17, 15) is 9.90 Å². The minimum absolute atomic E-state index is 0.0453. The quantitative estimate of drug-likeness (QED) is 0.690. The van der Waals surface area contributed by atoms with Gasteiger partial charge >= 0.3 is 0 Å². The van der Waals surface area contributed by atoms with Crippen molar-refractivity contribution in [3.63, 3.8) is 0 Å². The minimum Gasteiger partial charge on any atom is -0.388 e. The third kappa shape index (κ3) is 2.15. The van der Waals surface area contributed by atoms with E-state index >= 15 is 0 Å². The molecular weight excluding hydrogens is 232 g/mol. The summed E-state index contributed by atoms with van der Waals surface area (Å²) < 4.78 is 5.56. The average molecular weight is 256 g/mol. The molecule has 5 nitrogen and oxygen atoms in total. The Balaban J connectivity index is 2.16. The molecule has 3 N–H and O–H groups in total. The number of ether oxygens (including phenoxy) is 1. The molecular formula is C13H24N2O3. The van der Waals surface area contributed by atoms with Crippen LogP contribution in [0.15, 0.2) is 0 Å². The number of hydrogen-bond acceptors (Lipinski definition) is 4. The standard InChI is InChI=1S/C13H24N2O3/c1-7-5-15(9-8(16)6-18-10(7)9)12(17)11(14)13(2,3)4/h7-11,16H,5-6,14H2,1-4H3/t7-,8+,9-,10-,11-/m1/s1. The van der Waals surface area contributed by atoms with Crippen molar-refractivity contribution in [3.8, 4) is 0 Å². The van der Waals surface area contributed by atoms with Gasteiger partial charge in [0.15, 0.2) is 0 Å². The number of nitrogens with zero attached hydrogens (tertiary/aromatic N) is 1. The van der Waals surface area contributed by atoms with Crippen molar-refractivity contribution < 1.29 is 14.6 Å². The molecule has 2 heterocycles. The summed E-state index contributed by atoms with van der Waals surface area (Å²) in [5.41, 5.74) is 5.76. The van der Waals surface area contributed by atoms with Gasteiger partial charge in [-0.3, -0.25) is 4.79 Å². The van der Waals surface area contributed by atoms with Gasteiger partial charge < -0.3 is 20.5 Å². The average Bonchev–Trinajstić information content (AvgIpc) is 2.78. The van der Waals surface area contributed by atoms with Crippen LogP contribution in [0, 0.1) is 11.3 Å². The zero-order valence-corrected chi connectivity index (χ0v) is 11.6. The number of nitrogens with two attached hydrogens (primary N) is 1. The van der Waals surface area contributed by atoms with Gasteiger partial charge in [0.25, 0.3) is 0 Å². The highest BCUT2D eigenvalue weighted by molar-refractivity contribution is 5.83. The van der Waals surface area contributed by atoms with Gasteiger partial charge in [-0.25, -0.2) is 0 Å². The Morgan fingerprint density at radius 2 is 2.11 bits per heavy atom. The Morgan fingerprint density at radius 1 is 1.50 bits per heavy atom. The third-order valence-electron chi connectivity index (χ3n) is 4.08. The second kappa shape index (κ2) is 4.47. The SMILES string of the molecule is C[C@@H]1CN(C(=O)[C@@H](N)C(C)(C)C)[C@H]2[C@@H]1OC[C@@H]2O. The molecule has 2 rings (SSSR count). The van der Waals surface area contributed by atoms with E-state index < -0.39 is 12.1 Å². The summed E-state index contributed by atoms with van der Waals surface area (Å²) in [7, 11) is 0. The molecule has 5 heteroatoms. The van der Waals surface area contributed by atoms with E-state index in [1.54, 1.807) is 4.90 Å². The molecule has 18 heavy (non-hydrogen) atoms. The molecule has 2 fully saturated rings. The van der Waals surface area contributed by atoms with Crippen molar-refractivity contribution in [2.75, 3.05) is 13.2 Å². The fourth-order valence-electron chi connectivity index (χ4n) is 2.83. The monoisotopic (exact) mass is 256 g/mol. The van der Waals surface area contributed by atoms with Gasteiger partial charge in [-0.2, -0.15) is 0 Å². The molecule has 1 amide bonds. The van der Waals surface area contributed by atoms with E-state index in [2.05, 4.69) is 0 Å². The van der Waals surface area contributed by atoms with Crippen LogP contribution in [0.1, 0.15) is 27.7 Å². The van der Waals surface area contributed by atoms with Gasteiger partial charge in [-0.15, -0.1) is 0 Å². The summed E-state index contributed by atoms with van der Waals surface area (Å²) in [6, 6.07) is -0.767. The predicted molar refractivity (Wildman–Crippen MR) is 67.8 cm³/mol. The number of carbonyl (C=O) groups is 1. The van der Waals surface area contributed by atoms with Crippen molar-refractivity contribution in [1.29, 1.82) is 0 Å². The van der Waals surface area contributed by atoms with Crippen LogP contribution in [0.4, 0.5) is 0 Å². The van der Waals surface area contributed by atoms with Crippen LogP contribution in [-0.4, -0.2) is 53.4 Å². The zero-order chi connectivity index (χ0) is 13.7. The normalized spacial score (nSPS) is 37.8. The molecule has 0 unspecified atom stereocenters. The van der Waals surface area contributed by atoms with Crippen LogP contribution in [0.25, 0.3) is 0 Å². The van der Waals surface area contributed by atoms with Crippen molar-refractivity contribution in [2.24, 2.45) is 17.1 Å². The summed E-state index contributed by atoms with van der Waals surface area (Å²) in [5, 5.41) is 9.96. The predicted octanol–water partition coefficient (Wildman–Crippen LogP) is -0.0336. The molecule has 0 aromatic carbocycles. The first-order valence-corrected chi connectivity index (χ1v) is 6.59. The number of amides is 1. The minimum atomic E-state index is -0.587. The molecule has 0 aliphatic carbocycles. The van der Waals surface area contributed by atoms with E-state index in [1.165, 1.54) is 0 Å². The number of carbonyl (C=O) groups excluding carboxylic acids is 1.